The molecule has 3 aromatic rings. The third-order valence-corrected chi connectivity index (χ3v) is 4.39. The first-order chi connectivity index (χ1) is 13.5. The van der Waals surface area contributed by atoms with Crippen molar-refractivity contribution >= 4 is 17.4 Å². The number of carbonyl (C=O) groups excluding carboxylic acids is 1. The number of methoxy groups -OCH3 is 1. The number of nitrogens with zero attached hydrogens (tertiary/aromatic N) is 2. The van der Waals surface area contributed by atoms with E-state index in [0.29, 0.717) is 29.6 Å². The lowest BCUT2D eigenvalue weighted by Crippen LogP contribution is -2.24. The monoisotopic (exact) mass is 376 g/mol. The van der Waals surface area contributed by atoms with E-state index in [1.165, 1.54) is 0 Å². The van der Waals surface area contributed by atoms with Crippen molar-refractivity contribution in [2.75, 3.05) is 12.4 Å². The third-order valence-electron chi connectivity index (χ3n) is 4.39. The zero-order valence-corrected chi connectivity index (χ0v) is 16.5. The number of carbonyl (C=O) groups is 1. The van der Waals surface area contributed by atoms with Crippen LogP contribution in [0.2, 0.25) is 0 Å². The maximum atomic E-state index is 12.6. The van der Waals surface area contributed by atoms with E-state index in [0.717, 1.165) is 22.4 Å². The Morgan fingerprint density at radius 1 is 1.04 bits per heavy atom. The molecule has 0 saturated heterocycles. The first-order valence-electron chi connectivity index (χ1n) is 9.06. The van der Waals surface area contributed by atoms with Crippen molar-refractivity contribution in [2.24, 2.45) is 0 Å². The Labute approximate surface area is 165 Å². The van der Waals surface area contributed by atoms with Crippen LogP contribution in [0.4, 0.5) is 11.5 Å². The summed E-state index contributed by atoms with van der Waals surface area (Å²) < 4.78 is 5.39. The van der Waals surface area contributed by atoms with Crippen LogP contribution in [-0.2, 0) is 6.54 Å². The van der Waals surface area contributed by atoms with Crippen molar-refractivity contribution in [2.45, 2.75) is 27.3 Å². The Kier molecular flexibility index (Phi) is 5.89. The molecule has 1 aromatic heterocycles. The molecule has 1 heterocycles. The van der Waals surface area contributed by atoms with Gasteiger partial charge in [0.1, 0.15) is 23.1 Å². The zero-order valence-electron chi connectivity index (χ0n) is 16.5. The molecule has 0 bridgehead atoms. The van der Waals surface area contributed by atoms with E-state index in [4.69, 9.17) is 4.74 Å². The van der Waals surface area contributed by atoms with Crippen molar-refractivity contribution in [3.63, 3.8) is 0 Å². The predicted octanol–water partition coefficient (Wildman–Crippen LogP) is 4.08. The first-order valence-corrected chi connectivity index (χ1v) is 9.06. The molecule has 0 radical (unpaired) electrons. The lowest BCUT2D eigenvalue weighted by atomic mass is 10.1. The normalized spacial score (nSPS) is 10.4. The molecule has 0 aliphatic carbocycles. The summed E-state index contributed by atoms with van der Waals surface area (Å²) in [6, 6.07) is 15.4. The average Bonchev–Trinajstić information content (AvgIpc) is 2.67. The molecule has 0 atom stereocenters. The van der Waals surface area contributed by atoms with Gasteiger partial charge in [0.25, 0.3) is 5.91 Å². The molecular weight excluding hydrogens is 352 g/mol. The fourth-order valence-electron chi connectivity index (χ4n) is 2.88. The fraction of sp³-hybridized carbons (Fsp3) is 0.227. The molecule has 144 valence electrons. The summed E-state index contributed by atoms with van der Waals surface area (Å²) in [7, 11) is 1.62. The van der Waals surface area contributed by atoms with Crippen LogP contribution in [0.5, 0.6) is 5.75 Å². The van der Waals surface area contributed by atoms with Gasteiger partial charge < -0.3 is 15.4 Å². The van der Waals surface area contributed by atoms with Gasteiger partial charge in [-0.05, 0) is 49.6 Å². The van der Waals surface area contributed by atoms with E-state index in [1.807, 2.05) is 56.3 Å². The number of anilines is 2. The quantitative estimate of drug-likeness (QED) is 0.678. The maximum absolute atomic E-state index is 12.6. The van der Waals surface area contributed by atoms with Gasteiger partial charge in [-0.15, -0.1) is 0 Å². The van der Waals surface area contributed by atoms with Gasteiger partial charge in [-0.3, -0.25) is 4.79 Å². The SMILES string of the molecule is COc1ccc(C)cc1Nc1cc(C(=O)NCc2ccccc2C)nc(C)n1. The van der Waals surface area contributed by atoms with Crippen molar-refractivity contribution in [3.05, 3.63) is 76.7 Å². The first kappa shape index (κ1) is 19.4. The van der Waals surface area contributed by atoms with Gasteiger partial charge in [-0.2, -0.15) is 0 Å². The summed E-state index contributed by atoms with van der Waals surface area (Å²) in [5, 5.41) is 6.15. The number of hydrogen-bond donors (Lipinski definition) is 2. The highest BCUT2D eigenvalue weighted by Gasteiger charge is 2.12. The van der Waals surface area contributed by atoms with E-state index in [1.54, 1.807) is 20.1 Å². The number of aromatic nitrogens is 2. The lowest BCUT2D eigenvalue weighted by Gasteiger charge is -2.13. The van der Waals surface area contributed by atoms with Gasteiger partial charge in [0, 0.05) is 12.6 Å². The summed E-state index contributed by atoms with van der Waals surface area (Å²) in [6.45, 7) is 6.23. The summed E-state index contributed by atoms with van der Waals surface area (Å²) in [5.41, 5.74) is 4.40. The number of nitrogens with one attached hydrogen (secondary N) is 2. The van der Waals surface area contributed by atoms with Gasteiger partial charge in [0.15, 0.2) is 0 Å². The van der Waals surface area contributed by atoms with E-state index in [-0.39, 0.29) is 5.91 Å². The van der Waals surface area contributed by atoms with E-state index < -0.39 is 0 Å². The molecule has 0 saturated carbocycles. The second kappa shape index (κ2) is 8.52. The van der Waals surface area contributed by atoms with Gasteiger partial charge in [0.2, 0.25) is 0 Å². The standard InChI is InChI=1S/C22H24N4O2/c1-14-9-10-20(28-4)18(11-14)26-21-12-19(24-16(3)25-21)22(27)23-13-17-8-6-5-7-15(17)2/h5-12H,13H2,1-4H3,(H,23,27)(H,24,25,26). The van der Waals surface area contributed by atoms with Gasteiger partial charge in [-0.25, -0.2) is 9.97 Å². The third kappa shape index (κ3) is 4.65. The summed E-state index contributed by atoms with van der Waals surface area (Å²) in [6.07, 6.45) is 0. The molecular formula is C22H24N4O2. The summed E-state index contributed by atoms with van der Waals surface area (Å²) in [4.78, 5) is 21.3. The number of hydrogen-bond acceptors (Lipinski definition) is 5. The Balaban J connectivity index is 1.78. The van der Waals surface area contributed by atoms with Gasteiger partial charge >= 0.3 is 0 Å². The Bertz CT molecular complexity index is 1000. The minimum absolute atomic E-state index is 0.243. The van der Waals surface area contributed by atoms with Crippen LogP contribution in [0.25, 0.3) is 0 Å². The van der Waals surface area contributed by atoms with Crippen LogP contribution in [0.3, 0.4) is 0 Å². The van der Waals surface area contributed by atoms with Crippen LogP contribution < -0.4 is 15.4 Å². The van der Waals surface area contributed by atoms with E-state index in [2.05, 4.69) is 20.6 Å². The number of ether oxygens (including phenoxy) is 1. The topological polar surface area (TPSA) is 76.1 Å². The summed E-state index contributed by atoms with van der Waals surface area (Å²) >= 11 is 0. The van der Waals surface area contributed by atoms with Gasteiger partial charge in [-0.1, -0.05) is 30.3 Å². The molecule has 2 aromatic carbocycles. The molecule has 6 heteroatoms. The Hall–Kier alpha value is -3.41. The van der Waals surface area contributed by atoms with Crippen LogP contribution in [-0.4, -0.2) is 23.0 Å². The average molecular weight is 376 g/mol. The van der Waals surface area contributed by atoms with E-state index in [9.17, 15) is 4.79 Å². The van der Waals surface area contributed by atoms with Crippen molar-refractivity contribution in [3.8, 4) is 5.75 Å². The number of aryl methyl sites for hydroxylation is 3. The van der Waals surface area contributed by atoms with Crippen LogP contribution >= 0.6 is 0 Å². The van der Waals surface area contributed by atoms with Crippen LogP contribution in [0.15, 0.2) is 48.5 Å². The fourth-order valence-corrected chi connectivity index (χ4v) is 2.88. The summed E-state index contributed by atoms with van der Waals surface area (Å²) in [5.74, 6) is 1.51. The molecule has 0 spiro atoms. The molecule has 0 aliphatic rings. The van der Waals surface area contributed by atoms with Gasteiger partial charge in [0.05, 0.1) is 12.8 Å². The molecule has 6 nitrogen and oxygen atoms in total. The van der Waals surface area contributed by atoms with Crippen LogP contribution in [0.1, 0.15) is 33.0 Å². The smallest absolute Gasteiger partial charge is 0.270 e. The minimum atomic E-state index is -0.243. The molecule has 0 fully saturated rings. The number of rotatable bonds is 6. The Morgan fingerprint density at radius 3 is 2.57 bits per heavy atom. The molecule has 28 heavy (non-hydrogen) atoms. The second-order valence-corrected chi connectivity index (χ2v) is 6.62. The van der Waals surface area contributed by atoms with Crippen molar-refractivity contribution in [1.29, 1.82) is 0 Å². The second-order valence-electron chi connectivity index (χ2n) is 6.62. The highest BCUT2D eigenvalue weighted by Crippen LogP contribution is 2.28. The number of amides is 1. The maximum Gasteiger partial charge on any atom is 0.270 e. The zero-order chi connectivity index (χ0) is 20.1. The van der Waals surface area contributed by atoms with Crippen molar-refractivity contribution < 1.29 is 9.53 Å². The molecule has 0 unspecified atom stereocenters. The lowest BCUT2D eigenvalue weighted by molar-refractivity contribution is 0.0945. The van der Waals surface area contributed by atoms with Crippen LogP contribution in [0, 0.1) is 20.8 Å². The molecule has 2 N–H and O–H groups in total. The highest BCUT2D eigenvalue weighted by molar-refractivity contribution is 5.93. The van der Waals surface area contributed by atoms with E-state index >= 15 is 0 Å². The Morgan fingerprint density at radius 2 is 1.82 bits per heavy atom. The molecule has 3 rings (SSSR count). The molecule has 0 aliphatic heterocycles. The van der Waals surface area contributed by atoms with Crippen molar-refractivity contribution in [1.82, 2.24) is 15.3 Å². The largest absolute Gasteiger partial charge is 0.495 e. The number of benzene rings is 2. The minimum Gasteiger partial charge on any atom is -0.495 e. The highest BCUT2D eigenvalue weighted by atomic mass is 16.5. The predicted molar refractivity (Wildman–Crippen MR) is 110 cm³/mol. The molecule has 1 amide bonds.